The van der Waals surface area contributed by atoms with Gasteiger partial charge >= 0.3 is 0 Å². The monoisotopic (exact) mass is 443 g/mol. The molecule has 0 aromatic heterocycles. The molecule has 0 spiro atoms. The lowest BCUT2D eigenvalue weighted by molar-refractivity contribution is -0.133. The van der Waals surface area contributed by atoms with E-state index in [0.29, 0.717) is 25.1 Å². The molecule has 1 amide bonds. The Kier molecular flexibility index (Phi) is 8.09. The molecule has 1 aliphatic rings. The number of hydrogen-bond donors (Lipinski definition) is 0. The number of carbonyl (C=O) groups excluding carboxylic acids is 1. The second-order valence-electron chi connectivity index (χ2n) is 8.10. The molecule has 3 rings (SSSR count). The summed E-state index contributed by atoms with van der Waals surface area (Å²) in [5, 5.41) is 0. The molecular weight excluding hydrogens is 410 g/mol. The zero-order valence-electron chi connectivity index (χ0n) is 18.5. The average molecular weight is 444 g/mol. The highest BCUT2D eigenvalue weighted by Gasteiger charge is 2.22. The predicted octanol–water partition coefficient (Wildman–Crippen LogP) is 3.14. The second kappa shape index (κ2) is 10.8. The van der Waals surface area contributed by atoms with Crippen LogP contribution < -0.4 is 4.31 Å². The topological polar surface area (TPSA) is 60.9 Å². The van der Waals surface area contributed by atoms with Crippen LogP contribution in [0.5, 0.6) is 0 Å². The Morgan fingerprint density at radius 3 is 2.16 bits per heavy atom. The van der Waals surface area contributed by atoms with Crippen molar-refractivity contribution in [2.24, 2.45) is 0 Å². The smallest absolute Gasteiger partial charge is 0.232 e. The fourth-order valence-electron chi connectivity index (χ4n) is 3.91. The number of anilines is 1. The van der Waals surface area contributed by atoms with Crippen LogP contribution in [-0.4, -0.2) is 63.1 Å². The number of aryl methyl sites for hydroxylation is 1. The first-order chi connectivity index (χ1) is 14.9. The van der Waals surface area contributed by atoms with E-state index in [9.17, 15) is 13.2 Å². The summed E-state index contributed by atoms with van der Waals surface area (Å²) in [6.45, 7) is 6.45. The normalized spacial score (nSPS) is 15.1. The fraction of sp³-hybridized carbons (Fsp3) is 0.458. The quantitative estimate of drug-likeness (QED) is 0.597. The van der Waals surface area contributed by atoms with Crippen LogP contribution in [0.25, 0.3) is 0 Å². The van der Waals surface area contributed by atoms with Gasteiger partial charge in [-0.05, 0) is 36.1 Å². The zero-order valence-corrected chi connectivity index (χ0v) is 19.4. The summed E-state index contributed by atoms with van der Waals surface area (Å²) in [5.74, 6) is 0.106. The summed E-state index contributed by atoms with van der Waals surface area (Å²) in [4.78, 5) is 16.9. The van der Waals surface area contributed by atoms with Crippen LogP contribution in [0, 0.1) is 0 Å². The third-order valence-corrected chi connectivity index (χ3v) is 6.95. The molecule has 31 heavy (non-hydrogen) atoms. The highest BCUT2D eigenvalue weighted by atomic mass is 32.2. The number of amides is 1. The van der Waals surface area contributed by atoms with E-state index in [-0.39, 0.29) is 5.91 Å². The third kappa shape index (κ3) is 6.80. The van der Waals surface area contributed by atoms with E-state index in [4.69, 9.17) is 0 Å². The van der Waals surface area contributed by atoms with Gasteiger partial charge in [-0.1, -0.05) is 49.4 Å². The van der Waals surface area contributed by atoms with E-state index in [0.717, 1.165) is 39.1 Å². The molecule has 0 saturated carbocycles. The van der Waals surface area contributed by atoms with Gasteiger partial charge in [0.1, 0.15) is 0 Å². The van der Waals surface area contributed by atoms with Gasteiger partial charge in [0.2, 0.25) is 15.9 Å². The predicted molar refractivity (Wildman–Crippen MR) is 126 cm³/mol. The lowest BCUT2D eigenvalue weighted by Crippen LogP contribution is -2.48. The van der Waals surface area contributed by atoms with Gasteiger partial charge in [0.25, 0.3) is 0 Å². The number of nitrogens with zero attached hydrogens (tertiary/aromatic N) is 3. The lowest BCUT2D eigenvalue weighted by atomic mass is 10.1. The fourth-order valence-corrected chi connectivity index (χ4v) is 4.88. The van der Waals surface area contributed by atoms with E-state index in [1.807, 2.05) is 47.4 Å². The molecule has 0 atom stereocenters. The Morgan fingerprint density at radius 1 is 0.935 bits per heavy atom. The molecule has 0 N–H and O–H groups in total. The van der Waals surface area contributed by atoms with Gasteiger partial charge in [0, 0.05) is 45.7 Å². The summed E-state index contributed by atoms with van der Waals surface area (Å²) in [6.07, 6.45) is 2.99. The van der Waals surface area contributed by atoms with Gasteiger partial charge in [0.05, 0.1) is 11.9 Å². The number of sulfonamides is 1. The third-order valence-electron chi connectivity index (χ3n) is 5.76. The number of carbonyl (C=O) groups is 1. The van der Waals surface area contributed by atoms with Gasteiger partial charge < -0.3 is 4.90 Å². The molecule has 0 unspecified atom stereocenters. The molecule has 168 valence electrons. The number of hydrogen-bond acceptors (Lipinski definition) is 4. The van der Waals surface area contributed by atoms with Gasteiger partial charge in [-0.2, -0.15) is 0 Å². The lowest BCUT2D eigenvalue weighted by Gasteiger charge is -2.35. The Morgan fingerprint density at radius 2 is 1.58 bits per heavy atom. The Bertz CT molecular complexity index is 938. The molecule has 7 heteroatoms. The first kappa shape index (κ1) is 23.3. The van der Waals surface area contributed by atoms with E-state index in [1.54, 1.807) is 0 Å². The van der Waals surface area contributed by atoms with Crippen LogP contribution in [0.3, 0.4) is 0 Å². The SMILES string of the molecule is CCc1ccc(N(CCCC(=O)N2CCN(Cc3ccccc3)CC2)S(C)(=O)=O)cc1. The van der Waals surface area contributed by atoms with Crippen molar-refractivity contribution in [3.63, 3.8) is 0 Å². The van der Waals surface area contributed by atoms with Crippen molar-refractivity contribution in [2.75, 3.05) is 43.3 Å². The van der Waals surface area contributed by atoms with Gasteiger partial charge in [0.15, 0.2) is 0 Å². The van der Waals surface area contributed by atoms with Crippen molar-refractivity contribution in [2.45, 2.75) is 32.7 Å². The van der Waals surface area contributed by atoms with Crippen molar-refractivity contribution < 1.29 is 13.2 Å². The Balaban J connectivity index is 1.47. The molecule has 6 nitrogen and oxygen atoms in total. The van der Waals surface area contributed by atoms with Crippen molar-refractivity contribution in [1.29, 1.82) is 0 Å². The minimum atomic E-state index is -3.40. The molecule has 0 bridgehead atoms. The Labute approximate surface area is 186 Å². The molecule has 1 saturated heterocycles. The minimum absolute atomic E-state index is 0.106. The summed E-state index contributed by atoms with van der Waals surface area (Å²) in [6, 6.07) is 18.0. The van der Waals surface area contributed by atoms with Crippen LogP contribution in [0.4, 0.5) is 5.69 Å². The van der Waals surface area contributed by atoms with Crippen LogP contribution in [0.1, 0.15) is 30.9 Å². The molecule has 1 aliphatic heterocycles. The van der Waals surface area contributed by atoms with E-state index >= 15 is 0 Å². The molecule has 1 fully saturated rings. The van der Waals surface area contributed by atoms with Crippen molar-refractivity contribution in [3.05, 3.63) is 65.7 Å². The maximum Gasteiger partial charge on any atom is 0.232 e. The molecule has 0 radical (unpaired) electrons. The maximum atomic E-state index is 12.7. The van der Waals surface area contributed by atoms with Crippen LogP contribution >= 0.6 is 0 Å². The van der Waals surface area contributed by atoms with Crippen LogP contribution in [0.15, 0.2) is 54.6 Å². The number of rotatable bonds is 9. The van der Waals surface area contributed by atoms with Gasteiger partial charge in [-0.25, -0.2) is 8.42 Å². The number of benzene rings is 2. The highest BCUT2D eigenvalue weighted by molar-refractivity contribution is 7.92. The molecule has 0 aliphatic carbocycles. The standard InChI is InChI=1S/C24H33N3O3S/c1-3-21-11-13-23(14-12-21)27(31(2,29)30)15-7-10-24(28)26-18-16-25(17-19-26)20-22-8-5-4-6-9-22/h4-6,8-9,11-14H,3,7,10,15-20H2,1-2H3. The number of piperazine rings is 1. The summed E-state index contributed by atoms with van der Waals surface area (Å²) in [5.41, 5.74) is 3.11. The molecule has 2 aromatic rings. The largest absolute Gasteiger partial charge is 0.340 e. The summed E-state index contributed by atoms with van der Waals surface area (Å²) < 4.78 is 26.0. The first-order valence-corrected chi connectivity index (χ1v) is 12.8. The van der Waals surface area contributed by atoms with Crippen molar-refractivity contribution >= 4 is 21.6 Å². The Hall–Kier alpha value is -2.38. The van der Waals surface area contributed by atoms with Gasteiger partial charge in [-0.15, -0.1) is 0 Å². The van der Waals surface area contributed by atoms with Crippen molar-refractivity contribution in [1.82, 2.24) is 9.80 Å². The first-order valence-electron chi connectivity index (χ1n) is 11.0. The van der Waals surface area contributed by atoms with Crippen LogP contribution in [0.2, 0.25) is 0 Å². The summed E-state index contributed by atoms with van der Waals surface area (Å²) >= 11 is 0. The molecule has 1 heterocycles. The second-order valence-corrected chi connectivity index (χ2v) is 10.0. The highest BCUT2D eigenvalue weighted by Crippen LogP contribution is 2.20. The molecule has 2 aromatic carbocycles. The minimum Gasteiger partial charge on any atom is -0.340 e. The van der Waals surface area contributed by atoms with Crippen molar-refractivity contribution in [3.8, 4) is 0 Å². The van der Waals surface area contributed by atoms with E-state index in [2.05, 4.69) is 24.0 Å². The summed E-state index contributed by atoms with van der Waals surface area (Å²) in [7, 11) is -3.40. The van der Waals surface area contributed by atoms with Gasteiger partial charge in [-0.3, -0.25) is 14.0 Å². The average Bonchev–Trinajstić information content (AvgIpc) is 2.77. The zero-order chi connectivity index (χ0) is 22.3. The molecular formula is C24H33N3O3S. The van der Waals surface area contributed by atoms with Crippen LogP contribution in [-0.2, 0) is 27.8 Å². The maximum absolute atomic E-state index is 12.7. The van der Waals surface area contributed by atoms with E-state index < -0.39 is 10.0 Å². The van der Waals surface area contributed by atoms with E-state index in [1.165, 1.54) is 21.7 Å².